The molecule has 7 heteroatoms. The number of rotatable bonds is 12. The Morgan fingerprint density at radius 2 is 1.67 bits per heavy atom. The van der Waals surface area contributed by atoms with Crippen LogP contribution in [0.2, 0.25) is 18.1 Å². The third-order valence-corrected chi connectivity index (χ3v) is 17.6. The molecular formula is C35H65N3O3Si. The maximum Gasteiger partial charge on any atom is 0.302 e. The second kappa shape index (κ2) is 13.9. The lowest BCUT2D eigenvalue weighted by Crippen LogP contribution is -2.54. The Morgan fingerprint density at radius 3 is 2.26 bits per heavy atom. The molecule has 1 unspecified atom stereocenters. The summed E-state index contributed by atoms with van der Waals surface area (Å²) in [6.07, 6.45) is 12.3. The summed E-state index contributed by atoms with van der Waals surface area (Å²) in [7, 11) is -1.91. The maximum atomic E-state index is 12.0. The highest BCUT2D eigenvalue weighted by Crippen LogP contribution is 2.65. The van der Waals surface area contributed by atoms with Crippen LogP contribution in [-0.4, -0.2) is 33.5 Å². The number of carbonyl (C=O) groups is 1. The average Bonchev–Trinajstić information content (AvgIpc) is 3.23. The summed E-state index contributed by atoms with van der Waals surface area (Å²) in [5.74, 6) is 3.76. The number of carbonyl (C=O) groups excluding carboxylic acids is 1. The van der Waals surface area contributed by atoms with Gasteiger partial charge in [0.25, 0.3) is 0 Å². The highest BCUT2D eigenvalue weighted by Gasteiger charge is 2.59. The summed E-state index contributed by atoms with van der Waals surface area (Å²) in [4.78, 5) is 15.3. The Bertz CT molecular complexity index is 958. The van der Waals surface area contributed by atoms with E-state index >= 15 is 0 Å². The number of hydrogen-bond donors (Lipinski definition) is 0. The van der Waals surface area contributed by atoms with Gasteiger partial charge >= 0.3 is 5.97 Å². The van der Waals surface area contributed by atoms with Crippen LogP contribution in [0.5, 0.6) is 0 Å². The van der Waals surface area contributed by atoms with Crippen LogP contribution in [0, 0.1) is 52.3 Å². The van der Waals surface area contributed by atoms with Gasteiger partial charge in [0.15, 0.2) is 8.32 Å². The van der Waals surface area contributed by atoms with E-state index in [1.54, 1.807) is 0 Å². The lowest BCUT2D eigenvalue weighted by molar-refractivity contribution is -0.150. The summed E-state index contributed by atoms with van der Waals surface area (Å²) in [6, 6.07) is 0. The van der Waals surface area contributed by atoms with Crippen LogP contribution in [0.25, 0.3) is 10.4 Å². The van der Waals surface area contributed by atoms with Crippen molar-refractivity contribution in [1.82, 2.24) is 0 Å². The standard InChI is InChI=1S/C35H65N3O3Si/c1-24(2)13-12-14-25(3)30-15-16-31-29(22-37-38-36)32(18-20-35(30,31)9)34(8)19-17-28(21-27(34)23-40-26(4)39)41-42(10,11)33(5,6)7/h24-25,27-32H,12-23H2,1-11H3/t25?,27-,28+,29+,30-,31+,32+,34+,35-/m1/s1. The van der Waals surface area contributed by atoms with Crippen molar-refractivity contribution in [3.63, 3.8) is 0 Å². The molecule has 0 heterocycles. The van der Waals surface area contributed by atoms with Crippen LogP contribution in [0.15, 0.2) is 5.11 Å². The lowest BCUT2D eigenvalue weighted by atomic mass is 9.48. The smallest absolute Gasteiger partial charge is 0.302 e. The number of azide groups is 1. The van der Waals surface area contributed by atoms with Gasteiger partial charge in [0.1, 0.15) is 0 Å². The predicted molar refractivity (Wildman–Crippen MR) is 177 cm³/mol. The zero-order chi connectivity index (χ0) is 31.5. The molecule has 0 spiro atoms. The van der Waals surface area contributed by atoms with E-state index in [2.05, 4.69) is 78.5 Å². The van der Waals surface area contributed by atoms with Gasteiger partial charge in [-0.05, 0) is 115 Å². The van der Waals surface area contributed by atoms with Crippen LogP contribution in [-0.2, 0) is 14.0 Å². The molecule has 0 aliphatic heterocycles. The van der Waals surface area contributed by atoms with E-state index in [0.29, 0.717) is 36.3 Å². The van der Waals surface area contributed by atoms with Gasteiger partial charge < -0.3 is 9.16 Å². The predicted octanol–water partition coefficient (Wildman–Crippen LogP) is 10.6. The molecule has 6 nitrogen and oxygen atoms in total. The van der Waals surface area contributed by atoms with E-state index in [9.17, 15) is 10.3 Å². The van der Waals surface area contributed by atoms with Crippen LogP contribution in [0.4, 0.5) is 0 Å². The SMILES string of the molecule is CC(=O)OC[C@H]1C[C@@H](O[Si](C)(C)C(C)(C)C)CC[C@]1(C)[C@H]1CC[C@]2(C)[C@@H](C(C)CCCC(C)C)CC[C@H]2[C@@H]1CN=[N+]=[N-]. The summed E-state index contributed by atoms with van der Waals surface area (Å²) in [5, 5.41) is 4.43. The van der Waals surface area contributed by atoms with E-state index in [-0.39, 0.29) is 28.4 Å². The van der Waals surface area contributed by atoms with Crippen molar-refractivity contribution >= 4 is 14.3 Å². The Morgan fingerprint density at radius 1 is 1.02 bits per heavy atom. The molecule has 0 aromatic carbocycles. The first-order chi connectivity index (χ1) is 19.5. The molecule has 9 atom stereocenters. The molecule has 0 saturated heterocycles. The quantitative estimate of drug-likeness (QED) is 0.0731. The van der Waals surface area contributed by atoms with E-state index in [4.69, 9.17) is 9.16 Å². The molecular weight excluding hydrogens is 538 g/mol. The van der Waals surface area contributed by atoms with Gasteiger partial charge in [0.05, 0.1) is 6.61 Å². The number of nitrogens with zero attached hydrogens (tertiary/aromatic N) is 3. The third kappa shape index (κ3) is 7.78. The molecule has 0 aromatic heterocycles. The molecule has 0 bridgehead atoms. The van der Waals surface area contributed by atoms with Gasteiger partial charge in [-0.3, -0.25) is 4.79 Å². The number of esters is 1. The van der Waals surface area contributed by atoms with Crippen molar-refractivity contribution in [2.24, 2.45) is 57.4 Å². The second-order valence-electron chi connectivity index (χ2n) is 17.1. The zero-order valence-corrected chi connectivity index (χ0v) is 30.2. The van der Waals surface area contributed by atoms with Gasteiger partial charge in [-0.15, -0.1) is 0 Å². The molecule has 3 fully saturated rings. The molecule has 42 heavy (non-hydrogen) atoms. The Labute approximate surface area is 259 Å². The molecule has 3 rings (SSSR count). The van der Waals surface area contributed by atoms with Crippen molar-refractivity contribution in [2.75, 3.05) is 13.2 Å². The Hall–Kier alpha value is -1.04. The van der Waals surface area contributed by atoms with E-state index in [1.807, 2.05) is 0 Å². The molecule has 3 saturated carbocycles. The minimum Gasteiger partial charge on any atom is -0.466 e. The van der Waals surface area contributed by atoms with Crippen molar-refractivity contribution in [3.05, 3.63) is 10.4 Å². The Balaban J connectivity index is 1.87. The van der Waals surface area contributed by atoms with Crippen molar-refractivity contribution in [2.45, 2.75) is 151 Å². The van der Waals surface area contributed by atoms with Crippen LogP contribution >= 0.6 is 0 Å². The fraction of sp³-hybridized carbons (Fsp3) is 0.971. The molecule has 0 aromatic rings. The van der Waals surface area contributed by atoms with Gasteiger partial charge in [0, 0.05) is 30.4 Å². The minimum atomic E-state index is -1.91. The molecule has 0 amide bonds. The van der Waals surface area contributed by atoms with Crippen molar-refractivity contribution in [3.8, 4) is 0 Å². The van der Waals surface area contributed by atoms with Crippen LogP contribution < -0.4 is 0 Å². The molecule has 0 N–H and O–H groups in total. The molecule has 3 aliphatic rings. The average molecular weight is 604 g/mol. The van der Waals surface area contributed by atoms with Gasteiger partial charge in [-0.1, -0.05) is 79.8 Å². The van der Waals surface area contributed by atoms with Crippen LogP contribution in [0.3, 0.4) is 0 Å². The fourth-order valence-electron chi connectivity index (χ4n) is 9.56. The Kier molecular flexibility index (Phi) is 11.8. The first-order valence-electron chi connectivity index (χ1n) is 17.3. The van der Waals surface area contributed by atoms with Crippen LogP contribution in [0.1, 0.15) is 127 Å². The maximum absolute atomic E-state index is 12.0. The third-order valence-electron chi connectivity index (χ3n) is 13.1. The summed E-state index contributed by atoms with van der Waals surface area (Å²) in [5.41, 5.74) is 9.78. The first kappa shape index (κ1) is 35.4. The normalized spacial score (nSPS) is 36.3. The summed E-state index contributed by atoms with van der Waals surface area (Å²) >= 11 is 0. The highest BCUT2D eigenvalue weighted by molar-refractivity contribution is 6.74. The molecule has 242 valence electrons. The fourth-order valence-corrected chi connectivity index (χ4v) is 11.0. The topological polar surface area (TPSA) is 84.3 Å². The summed E-state index contributed by atoms with van der Waals surface area (Å²) < 4.78 is 12.7. The molecule has 3 aliphatic carbocycles. The monoisotopic (exact) mass is 603 g/mol. The number of ether oxygens (including phenoxy) is 1. The van der Waals surface area contributed by atoms with Gasteiger partial charge in [-0.25, -0.2) is 0 Å². The molecule has 0 radical (unpaired) electrons. The van der Waals surface area contributed by atoms with E-state index in [0.717, 1.165) is 37.0 Å². The van der Waals surface area contributed by atoms with E-state index < -0.39 is 8.32 Å². The number of fused-ring (bicyclic) bond motifs is 1. The summed E-state index contributed by atoms with van der Waals surface area (Å²) in [6.45, 7) is 26.4. The van der Waals surface area contributed by atoms with Crippen molar-refractivity contribution in [1.29, 1.82) is 0 Å². The first-order valence-corrected chi connectivity index (χ1v) is 20.2. The second-order valence-corrected chi connectivity index (χ2v) is 21.9. The highest BCUT2D eigenvalue weighted by atomic mass is 28.4. The van der Waals surface area contributed by atoms with Crippen molar-refractivity contribution < 1.29 is 14.0 Å². The largest absolute Gasteiger partial charge is 0.466 e. The lowest BCUT2D eigenvalue weighted by Gasteiger charge is -2.58. The number of hydrogen-bond acceptors (Lipinski definition) is 4. The van der Waals surface area contributed by atoms with Gasteiger partial charge in [-0.2, -0.15) is 0 Å². The zero-order valence-electron chi connectivity index (χ0n) is 29.2. The van der Waals surface area contributed by atoms with E-state index in [1.165, 1.54) is 51.9 Å². The van der Waals surface area contributed by atoms with Gasteiger partial charge in [0.2, 0.25) is 0 Å². The minimum absolute atomic E-state index is 0.0285.